The summed E-state index contributed by atoms with van der Waals surface area (Å²) in [5, 5.41) is 1.16. The lowest BCUT2D eigenvalue weighted by Crippen LogP contribution is -2.49. The Balaban J connectivity index is 1.12. The van der Waals surface area contributed by atoms with Gasteiger partial charge in [-0.15, -0.1) is 0 Å². The molecule has 0 spiro atoms. The van der Waals surface area contributed by atoms with Gasteiger partial charge in [0.05, 0.1) is 16.0 Å². The number of nitrogens with zero attached hydrogens (tertiary/aromatic N) is 3. The average Bonchev–Trinajstić information content (AvgIpc) is 3.43. The smallest absolute Gasteiger partial charge is 0.279 e. The number of benzene rings is 2. The first-order valence-corrected chi connectivity index (χ1v) is 13.1. The molecule has 3 heterocycles. The highest BCUT2D eigenvalue weighted by molar-refractivity contribution is 7.88. The third-order valence-corrected chi connectivity index (χ3v) is 8.26. The summed E-state index contributed by atoms with van der Waals surface area (Å²) in [6.07, 6.45) is 2.20. The normalized spacial score (nSPS) is 21.7. The molecule has 0 aliphatic carbocycles. The molecule has 3 aromatic rings. The van der Waals surface area contributed by atoms with E-state index in [1.54, 1.807) is 4.31 Å². The van der Waals surface area contributed by atoms with Crippen molar-refractivity contribution in [2.24, 2.45) is 0 Å². The highest BCUT2D eigenvalue weighted by atomic mass is 35.5. The lowest BCUT2D eigenvalue weighted by molar-refractivity contribution is 0.153. The summed E-state index contributed by atoms with van der Waals surface area (Å²) in [5.74, 6) is 1.45. The number of fused-ring (bicyclic) bond motifs is 3. The van der Waals surface area contributed by atoms with Crippen LogP contribution in [0.3, 0.4) is 0 Å². The zero-order valence-electron chi connectivity index (χ0n) is 16.9. The monoisotopic (exact) mass is 479 g/mol. The summed E-state index contributed by atoms with van der Waals surface area (Å²) in [7, 11) is -3.10. The van der Waals surface area contributed by atoms with Gasteiger partial charge in [-0.3, -0.25) is 4.90 Å². The first-order valence-electron chi connectivity index (χ1n) is 10.0. The van der Waals surface area contributed by atoms with E-state index in [0.29, 0.717) is 35.2 Å². The number of likely N-dealkylation sites (tertiary alicyclic amines) is 1. The van der Waals surface area contributed by atoms with Gasteiger partial charge in [0.25, 0.3) is 5.19 Å². The Kier molecular flexibility index (Phi) is 5.56. The van der Waals surface area contributed by atoms with Crippen LogP contribution in [0.2, 0.25) is 5.02 Å². The van der Waals surface area contributed by atoms with Crippen molar-refractivity contribution >= 4 is 43.2 Å². The van der Waals surface area contributed by atoms with Crippen LogP contribution in [-0.4, -0.2) is 67.2 Å². The first kappa shape index (κ1) is 21.0. The van der Waals surface area contributed by atoms with Crippen LogP contribution in [0.25, 0.3) is 10.2 Å². The molecule has 2 saturated heterocycles. The number of para-hydroxylation sites is 1. The molecule has 10 heteroatoms. The molecule has 2 aliphatic rings. The summed E-state index contributed by atoms with van der Waals surface area (Å²) < 4.78 is 37.9. The topological polar surface area (TPSA) is 72.0 Å². The SMILES string of the molecule is CS(=O)(=O)N1CC2CC1CN2CCOc1ccc(Oc2nc3c(Cl)cccc3s2)cc1. The van der Waals surface area contributed by atoms with Crippen LogP contribution in [0.5, 0.6) is 16.7 Å². The molecule has 164 valence electrons. The van der Waals surface area contributed by atoms with Gasteiger partial charge in [-0.1, -0.05) is 29.0 Å². The van der Waals surface area contributed by atoms with E-state index in [2.05, 4.69) is 9.88 Å². The predicted molar refractivity (Wildman–Crippen MR) is 122 cm³/mol. The first-order chi connectivity index (χ1) is 14.9. The van der Waals surface area contributed by atoms with Gasteiger partial charge < -0.3 is 9.47 Å². The van der Waals surface area contributed by atoms with Gasteiger partial charge in [-0.05, 0) is 42.8 Å². The summed E-state index contributed by atoms with van der Waals surface area (Å²) in [4.78, 5) is 6.77. The van der Waals surface area contributed by atoms with Crippen LogP contribution in [0, 0.1) is 0 Å². The predicted octanol–water partition coefficient (Wildman–Crippen LogP) is 3.84. The maximum Gasteiger partial charge on any atom is 0.279 e. The van der Waals surface area contributed by atoms with Crippen molar-refractivity contribution in [2.45, 2.75) is 18.5 Å². The third kappa shape index (κ3) is 4.38. The largest absolute Gasteiger partial charge is 0.492 e. The van der Waals surface area contributed by atoms with Gasteiger partial charge in [0.2, 0.25) is 10.0 Å². The molecule has 2 aliphatic heterocycles. The van der Waals surface area contributed by atoms with E-state index in [1.165, 1.54) is 17.6 Å². The van der Waals surface area contributed by atoms with Crippen molar-refractivity contribution in [2.75, 3.05) is 32.5 Å². The van der Waals surface area contributed by atoms with E-state index in [1.807, 2.05) is 42.5 Å². The number of sulfonamides is 1. The van der Waals surface area contributed by atoms with Crippen molar-refractivity contribution < 1.29 is 17.9 Å². The van der Waals surface area contributed by atoms with Crippen LogP contribution in [-0.2, 0) is 10.0 Å². The molecule has 5 rings (SSSR count). The fourth-order valence-corrected chi connectivity index (χ4v) is 6.59. The molecular formula is C21H22ClN3O4S2. The number of piperazine rings is 1. The molecule has 0 amide bonds. The maximum atomic E-state index is 11.8. The van der Waals surface area contributed by atoms with Crippen LogP contribution >= 0.6 is 22.9 Å². The summed E-state index contributed by atoms with van der Waals surface area (Å²) in [6.45, 7) is 2.70. The van der Waals surface area contributed by atoms with Crippen LogP contribution < -0.4 is 9.47 Å². The van der Waals surface area contributed by atoms with Gasteiger partial charge in [-0.25, -0.2) is 13.4 Å². The zero-order valence-corrected chi connectivity index (χ0v) is 19.3. The molecule has 31 heavy (non-hydrogen) atoms. The van der Waals surface area contributed by atoms with E-state index >= 15 is 0 Å². The Morgan fingerprint density at radius 1 is 1.13 bits per heavy atom. The van der Waals surface area contributed by atoms with Gasteiger partial charge in [0.1, 0.15) is 23.6 Å². The zero-order chi connectivity index (χ0) is 21.6. The highest BCUT2D eigenvalue weighted by Gasteiger charge is 2.46. The van der Waals surface area contributed by atoms with Crippen molar-refractivity contribution in [3.63, 3.8) is 0 Å². The molecule has 0 radical (unpaired) electrons. The highest BCUT2D eigenvalue weighted by Crippen LogP contribution is 2.35. The van der Waals surface area contributed by atoms with E-state index in [0.717, 1.165) is 35.5 Å². The number of hydrogen-bond donors (Lipinski definition) is 0. The second-order valence-corrected chi connectivity index (χ2v) is 11.2. The van der Waals surface area contributed by atoms with Gasteiger partial charge in [0, 0.05) is 31.7 Å². The molecule has 2 bridgehead atoms. The lowest BCUT2D eigenvalue weighted by Gasteiger charge is -2.32. The van der Waals surface area contributed by atoms with Crippen molar-refractivity contribution in [3.8, 4) is 16.7 Å². The Hall–Kier alpha value is -1.91. The maximum absolute atomic E-state index is 11.8. The number of aromatic nitrogens is 1. The minimum atomic E-state index is -3.10. The fourth-order valence-electron chi connectivity index (χ4n) is 4.32. The summed E-state index contributed by atoms with van der Waals surface area (Å²) in [6, 6.07) is 13.5. The Bertz CT molecular complexity index is 1200. The second-order valence-electron chi connectivity index (χ2n) is 7.86. The minimum Gasteiger partial charge on any atom is -0.492 e. The van der Waals surface area contributed by atoms with Crippen molar-refractivity contribution in [3.05, 3.63) is 47.5 Å². The Morgan fingerprint density at radius 3 is 2.58 bits per heavy atom. The third-order valence-electron chi connectivity index (χ3n) is 5.76. The molecular weight excluding hydrogens is 458 g/mol. The molecule has 2 aromatic carbocycles. The molecule has 7 nitrogen and oxygen atoms in total. The summed E-state index contributed by atoms with van der Waals surface area (Å²) >= 11 is 7.63. The van der Waals surface area contributed by atoms with Gasteiger partial charge in [0.15, 0.2) is 0 Å². The van der Waals surface area contributed by atoms with Crippen molar-refractivity contribution in [1.82, 2.24) is 14.2 Å². The number of ether oxygens (including phenoxy) is 2. The quantitative estimate of drug-likeness (QED) is 0.512. The van der Waals surface area contributed by atoms with E-state index in [-0.39, 0.29) is 6.04 Å². The van der Waals surface area contributed by atoms with Crippen LogP contribution in [0.1, 0.15) is 6.42 Å². The molecule has 2 fully saturated rings. The summed E-state index contributed by atoms with van der Waals surface area (Å²) in [5.41, 5.74) is 0.749. The van der Waals surface area contributed by atoms with Gasteiger partial charge >= 0.3 is 0 Å². The average molecular weight is 480 g/mol. The van der Waals surface area contributed by atoms with Crippen molar-refractivity contribution in [1.29, 1.82) is 0 Å². The van der Waals surface area contributed by atoms with Crippen LogP contribution in [0.4, 0.5) is 0 Å². The molecule has 2 unspecified atom stereocenters. The van der Waals surface area contributed by atoms with E-state index in [4.69, 9.17) is 21.1 Å². The Labute approximate surface area is 190 Å². The Morgan fingerprint density at radius 2 is 1.90 bits per heavy atom. The number of rotatable bonds is 7. The van der Waals surface area contributed by atoms with Gasteiger partial charge in [-0.2, -0.15) is 4.31 Å². The molecule has 1 aromatic heterocycles. The van der Waals surface area contributed by atoms with E-state index in [9.17, 15) is 8.42 Å². The standard InChI is InChI=1S/C21H22ClN3O4S2/c1-31(26,27)25-13-14-11-15(25)12-24(14)9-10-28-16-5-7-17(8-6-16)29-21-23-20-18(22)3-2-4-19(20)30-21/h2-8,14-15H,9-13H2,1H3. The molecule has 0 saturated carbocycles. The lowest BCUT2D eigenvalue weighted by atomic mass is 10.2. The second kappa shape index (κ2) is 8.22. The number of halogens is 1. The number of hydrogen-bond acceptors (Lipinski definition) is 7. The molecule has 0 N–H and O–H groups in total. The van der Waals surface area contributed by atoms with Crippen LogP contribution in [0.15, 0.2) is 42.5 Å². The van der Waals surface area contributed by atoms with E-state index < -0.39 is 10.0 Å². The minimum absolute atomic E-state index is 0.105. The fraction of sp³-hybridized carbons (Fsp3) is 0.381. The molecule has 2 atom stereocenters. The number of thiazole rings is 1.